The molecule has 1 unspecified atom stereocenters. The number of allylic oxidation sites excluding steroid dienone is 1. The van der Waals surface area contributed by atoms with Crippen LogP contribution in [0.4, 0.5) is 18.9 Å². The van der Waals surface area contributed by atoms with Gasteiger partial charge in [-0.3, -0.25) is 9.36 Å². The molecule has 1 atom stereocenters. The number of carbonyl (C=O) groups excluding carboxylic acids is 1. The quantitative estimate of drug-likeness (QED) is 0.319. The average molecular weight is 477 g/mol. The summed E-state index contributed by atoms with van der Waals surface area (Å²) in [7, 11) is 0. The van der Waals surface area contributed by atoms with Crippen molar-refractivity contribution >= 4 is 23.4 Å². The van der Waals surface area contributed by atoms with Crippen molar-refractivity contribution in [2.24, 2.45) is 0 Å². The van der Waals surface area contributed by atoms with Gasteiger partial charge < -0.3 is 10.1 Å². The number of aromatic nitrogens is 3. The van der Waals surface area contributed by atoms with Gasteiger partial charge in [0.1, 0.15) is 5.75 Å². The highest BCUT2D eigenvalue weighted by Gasteiger charge is 2.33. The Morgan fingerprint density at radius 3 is 2.58 bits per heavy atom. The van der Waals surface area contributed by atoms with E-state index >= 15 is 0 Å². The number of amides is 1. The molecule has 0 aliphatic rings. The number of nitrogens with one attached hydrogen (secondary N) is 1. The molecule has 6 nitrogen and oxygen atoms in total. The third kappa shape index (κ3) is 6.38. The van der Waals surface area contributed by atoms with Gasteiger partial charge in [0.15, 0.2) is 17.1 Å². The molecule has 0 spiro atoms. The van der Waals surface area contributed by atoms with E-state index in [1.807, 2.05) is 38.1 Å². The number of anilines is 1. The summed E-state index contributed by atoms with van der Waals surface area (Å²) in [4.78, 5) is 12.3. The third-order valence-corrected chi connectivity index (χ3v) is 5.56. The highest BCUT2D eigenvalue weighted by atomic mass is 32.2. The number of hydrogen-bond donors (Lipinski definition) is 1. The lowest BCUT2D eigenvalue weighted by atomic mass is 10.1. The number of para-hydroxylation sites is 1. The average Bonchev–Trinajstić information content (AvgIpc) is 3.16. The van der Waals surface area contributed by atoms with Gasteiger partial charge in [0.2, 0.25) is 5.91 Å². The van der Waals surface area contributed by atoms with Crippen LogP contribution in [0.15, 0.2) is 66.3 Å². The first-order chi connectivity index (χ1) is 15.7. The van der Waals surface area contributed by atoms with Crippen LogP contribution in [0.1, 0.15) is 30.0 Å². The number of benzene rings is 2. The Morgan fingerprint density at radius 1 is 1.21 bits per heavy atom. The monoisotopic (exact) mass is 476 g/mol. The van der Waals surface area contributed by atoms with Crippen LogP contribution in [0.3, 0.4) is 0 Å². The van der Waals surface area contributed by atoms with Crippen molar-refractivity contribution < 1.29 is 22.7 Å². The summed E-state index contributed by atoms with van der Waals surface area (Å²) in [5.41, 5.74) is -0.0776. The van der Waals surface area contributed by atoms with E-state index in [0.717, 1.165) is 23.4 Å². The van der Waals surface area contributed by atoms with Gasteiger partial charge in [-0.2, -0.15) is 13.2 Å². The highest BCUT2D eigenvalue weighted by Crippen LogP contribution is 2.34. The molecule has 0 bridgehead atoms. The molecule has 1 aromatic heterocycles. The topological polar surface area (TPSA) is 69.0 Å². The third-order valence-electron chi connectivity index (χ3n) is 4.59. The lowest BCUT2D eigenvalue weighted by Crippen LogP contribution is -2.18. The van der Waals surface area contributed by atoms with Gasteiger partial charge in [0, 0.05) is 6.54 Å². The molecule has 1 N–H and O–H groups in total. The number of hydrogen-bond acceptors (Lipinski definition) is 5. The van der Waals surface area contributed by atoms with Crippen LogP contribution >= 0.6 is 11.8 Å². The summed E-state index contributed by atoms with van der Waals surface area (Å²) in [5, 5.41) is 11.1. The Morgan fingerprint density at radius 2 is 1.91 bits per heavy atom. The number of carbonyl (C=O) groups is 1. The summed E-state index contributed by atoms with van der Waals surface area (Å²) in [6.45, 7) is 7.94. The van der Waals surface area contributed by atoms with E-state index in [1.165, 1.54) is 18.2 Å². The number of aryl methyl sites for hydroxylation is 1. The molecular weight excluding hydrogens is 453 g/mol. The standard InChI is InChI=1S/C23H23F3N4O2S/c1-4-13-30-21(16(3)32-17-11-9-15(2)10-12-17)28-29-22(30)33-14-20(31)27-19-8-6-5-7-18(19)23(24,25)26/h4-12,16H,1,13-14H2,2-3H3,(H,27,31). The molecule has 0 radical (unpaired) electrons. The zero-order valence-corrected chi connectivity index (χ0v) is 18.9. The normalized spacial score (nSPS) is 12.3. The fraction of sp³-hybridized carbons (Fsp3) is 0.261. The molecule has 0 saturated heterocycles. The lowest BCUT2D eigenvalue weighted by molar-refractivity contribution is -0.137. The smallest absolute Gasteiger partial charge is 0.418 e. The van der Waals surface area contributed by atoms with Crippen LogP contribution in [0.25, 0.3) is 0 Å². The molecule has 10 heteroatoms. The van der Waals surface area contributed by atoms with E-state index in [0.29, 0.717) is 23.3 Å². The summed E-state index contributed by atoms with van der Waals surface area (Å²) < 4.78 is 47.1. The van der Waals surface area contributed by atoms with Gasteiger partial charge in [-0.25, -0.2) is 0 Å². The Balaban J connectivity index is 1.69. The Hall–Kier alpha value is -3.27. The zero-order valence-electron chi connectivity index (χ0n) is 18.1. The first kappa shape index (κ1) is 24.4. The molecule has 1 amide bonds. The molecule has 0 fully saturated rings. The van der Waals surface area contributed by atoms with E-state index in [9.17, 15) is 18.0 Å². The minimum atomic E-state index is -4.57. The van der Waals surface area contributed by atoms with E-state index in [2.05, 4.69) is 22.1 Å². The van der Waals surface area contributed by atoms with Crippen molar-refractivity contribution in [2.45, 2.75) is 37.8 Å². The van der Waals surface area contributed by atoms with Crippen LogP contribution in [0, 0.1) is 6.92 Å². The highest BCUT2D eigenvalue weighted by molar-refractivity contribution is 7.99. The van der Waals surface area contributed by atoms with Crippen molar-refractivity contribution in [2.75, 3.05) is 11.1 Å². The molecule has 0 saturated carbocycles. The molecule has 0 aliphatic heterocycles. The Bertz CT molecular complexity index is 1110. The number of halogens is 3. The van der Waals surface area contributed by atoms with Crippen molar-refractivity contribution in [1.82, 2.24) is 14.8 Å². The zero-order chi connectivity index (χ0) is 24.0. The summed E-state index contributed by atoms with van der Waals surface area (Å²) in [6.07, 6.45) is -3.33. The number of ether oxygens (including phenoxy) is 1. The van der Waals surface area contributed by atoms with Crippen molar-refractivity contribution in [3.63, 3.8) is 0 Å². The molecule has 3 aromatic rings. The van der Waals surface area contributed by atoms with Crippen LogP contribution in [0.5, 0.6) is 5.75 Å². The van der Waals surface area contributed by atoms with Gasteiger partial charge in [0.25, 0.3) is 0 Å². The predicted octanol–water partition coefficient (Wildman–Crippen LogP) is 5.66. The number of alkyl halides is 3. The van der Waals surface area contributed by atoms with Gasteiger partial charge in [-0.1, -0.05) is 47.7 Å². The summed E-state index contributed by atoms with van der Waals surface area (Å²) in [6, 6.07) is 12.4. The minimum Gasteiger partial charge on any atom is -0.483 e. The van der Waals surface area contributed by atoms with E-state index in [-0.39, 0.29) is 11.4 Å². The molecule has 2 aromatic carbocycles. The second-order valence-corrected chi connectivity index (χ2v) is 8.14. The molecular formula is C23H23F3N4O2S. The molecule has 0 aliphatic carbocycles. The predicted molar refractivity (Wildman–Crippen MR) is 121 cm³/mol. The van der Waals surface area contributed by atoms with Gasteiger partial charge in [-0.15, -0.1) is 16.8 Å². The Labute approximate surface area is 193 Å². The van der Waals surface area contributed by atoms with E-state index in [4.69, 9.17) is 4.74 Å². The van der Waals surface area contributed by atoms with Crippen LogP contribution in [-0.4, -0.2) is 26.4 Å². The van der Waals surface area contributed by atoms with Crippen molar-refractivity contribution in [3.05, 3.63) is 78.1 Å². The summed E-state index contributed by atoms with van der Waals surface area (Å²) >= 11 is 1.07. The fourth-order valence-electron chi connectivity index (χ4n) is 3.04. The number of nitrogens with zero attached hydrogens (tertiary/aromatic N) is 3. The first-order valence-electron chi connectivity index (χ1n) is 10.0. The maximum Gasteiger partial charge on any atom is 0.418 e. The van der Waals surface area contributed by atoms with Crippen LogP contribution in [0.2, 0.25) is 0 Å². The lowest BCUT2D eigenvalue weighted by Gasteiger charge is -2.16. The van der Waals surface area contributed by atoms with E-state index < -0.39 is 23.8 Å². The number of rotatable bonds is 9. The van der Waals surface area contributed by atoms with E-state index in [1.54, 1.807) is 10.6 Å². The molecule has 174 valence electrons. The molecule has 3 rings (SSSR count). The first-order valence-corrected chi connectivity index (χ1v) is 11.0. The maximum absolute atomic E-state index is 13.1. The van der Waals surface area contributed by atoms with Gasteiger partial charge in [-0.05, 0) is 38.1 Å². The molecule has 1 heterocycles. The SMILES string of the molecule is C=CCn1c(SCC(=O)Nc2ccccc2C(F)(F)F)nnc1C(C)Oc1ccc(C)cc1. The van der Waals surface area contributed by atoms with Crippen LogP contribution in [-0.2, 0) is 17.5 Å². The Kier molecular flexibility index (Phi) is 7.80. The second kappa shape index (κ2) is 10.6. The van der Waals surface area contributed by atoms with Gasteiger partial charge in [0.05, 0.1) is 17.0 Å². The van der Waals surface area contributed by atoms with Crippen molar-refractivity contribution in [1.29, 1.82) is 0 Å². The largest absolute Gasteiger partial charge is 0.483 e. The minimum absolute atomic E-state index is 0.144. The fourth-order valence-corrected chi connectivity index (χ4v) is 3.79. The van der Waals surface area contributed by atoms with Crippen LogP contribution < -0.4 is 10.1 Å². The number of thioether (sulfide) groups is 1. The molecule has 33 heavy (non-hydrogen) atoms. The van der Waals surface area contributed by atoms with Crippen molar-refractivity contribution in [3.8, 4) is 5.75 Å². The summed E-state index contributed by atoms with van der Waals surface area (Å²) in [5.74, 6) is 0.489. The maximum atomic E-state index is 13.1. The second-order valence-electron chi connectivity index (χ2n) is 7.19. The van der Waals surface area contributed by atoms with Gasteiger partial charge >= 0.3 is 6.18 Å².